The van der Waals surface area contributed by atoms with Gasteiger partial charge in [0, 0.05) is 29.9 Å². The van der Waals surface area contributed by atoms with E-state index in [4.69, 9.17) is 32.7 Å². The van der Waals surface area contributed by atoms with E-state index < -0.39 is 4.92 Å². The van der Waals surface area contributed by atoms with E-state index in [0.717, 1.165) is 10.4 Å². The molecule has 0 bridgehead atoms. The molecule has 1 aromatic heterocycles. The van der Waals surface area contributed by atoms with Crippen molar-refractivity contribution in [1.29, 1.82) is 0 Å². The molecular formula is C19H17Cl2N3O4S. The Labute approximate surface area is 180 Å². The average Bonchev–Trinajstić information content (AvgIpc) is 3.03. The smallest absolute Gasteiger partial charge is 0.313 e. The van der Waals surface area contributed by atoms with Crippen LogP contribution in [-0.4, -0.2) is 35.2 Å². The Kier molecular flexibility index (Phi) is 5.52. The minimum Gasteiger partial charge on any atom is -0.423 e. The molecule has 2 aromatic carbocycles. The van der Waals surface area contributed by atoms with Crippen LogP contribution in [0.3, 0.4) is 0 Å². The molecule has 152 valence electrons. The first-order valence-electron chi connectivity index (χ1n) is 8.92. The number of nitro groups is 1. The number of ether oxygens (including phenoxy) is 2. The number of morpholine rings is 1. The third-order valence-electron chi connectivity index (χ3n) is 4.51. The van der Waals surface area contributed by atoms with Crippen LogP contribution in [0.1, 0.15) is 13.8 Å². The van der Waals surface area contributed by atoms with Crippen LogP contribution in [0, 0.1) is 10.1 Å². The molecule has 1 aliphatic heterocycles. The van der Waals surface area contributed by atoms with Crippen LogP contribution in [-0.2, 0) is 4.74 Å². The van der Waals surface area contributed by atoms with Crippen molar-refractivity contribution < 1.29 is 14.4 Å². The zero-order chi connectivity index (χ0) is 20.7. The lowest BCUT2D eigenvalue weighted by atomic mass is 10.2. The average molecular weight is 454 g/mol. The highest BCUT2D eigenvalue weighted by atomic mass is 35.5. The minimum atomic E-state index is -0.455. The molecule has 1 fully saturated rings. The first kappa shape index (κ1) is 20.2. The maximum atomic E-state index is 11.7. The summed E-state index contributed by atoms with van der Waals surface area (Å²) in [5, 5.41) is 12.8. The molecule has 1 saturated heterocycles. The molecule has 4 rings (SSSR count). The summed E-state index contributed by atoms with van der Waals surface area (Å²) in [6.45, 7) is 5.30. The van der Waals surface area contributed by atoms with Gasteiger partial charge in [-0.1, -0.05) is 34.5 Å². The number of benzene rings is 2. The van der Waals surface area contributed by atoms with Crippen molar-refractivity contribution in [1.82, 2.24) is 4.98 Å². The maximum absolute atomic E-state index is 11.7. The number of thiazole rings is 1. The maximum Gasteiger partial charge on any atom is 0.313 e. The predicted octanol–water partition coefficient (Wildman–Crippen LogP) is 5.92. The fourth-order valence-electron chi connectivity index (χ4n) is 3.39. The van der Waals surface area contributed by atoms with Crippen LogP contribution < -0.4 is 9.64 Å². The molecule has 0 radical (unpaired) electrons. The topological polar surface area (TPSA) is 77.7 Å². The van der Waals surface area contributed by atoms with Crippen LogP contribution in [0.25, 0.3) is 10.2 Å². The van der Waals surface area contributed by atoms with Crippen LogP contribution >= 0.6 is 34.5 Å². The second-order valence-electron chi connectivity index (χ2n) is 6.89. The van der Waals surface area contributed by atoms with Crippen LogP contribution in [0.15, 0.2) is 30.3 Å². The van der Waals surface area contributed by atoms with Gasteiger partial charge >= 0.3 is 5.69 Å². The van der Waals surface area contributed by atoms with Gasteiger partial charge in [0.15, 0.2) is 0 Å². The normalized spacial score (nSPS) is 19.5. The zero-order valence-corrected chi connectivity index (χ0v) is 17.9. The molecule has 7 nitrogen and oxygen atoms in total. The summed E-state index contributed by atoms with van der Waals surface area (Å²) in [6, 6.07) is 8.25. The number of anilines is 1. The SMILES string of the molecule is CC1CN(c2ccc(Oc3nc4c(Cl)cc(Cl)cc4s3)c([N+](=O)[O-])c2)CC(C)O1. The molecule has 3 aromatic rings. The van der Waals surface area contributed by atoms with Crippen molar-refractivity contribution >= 4 is 56.1 Å². The van der Waals surface area contributed by atoms with E-state index in [0.29, 0.717) is 28.7 Å². The second kappa shape index (κ2) is 7.95. The molecule has 2 unspecified atom stereocenters. The van der Waals surface area contributed by atoms with Gasteiger partial charge in [0.05, 0.1) is 26.9 Å². The van der Waals surface area contributed by atoms with Crippen LogP contribution in [0.4, 0.5) is 11.4 Å². The number of nitro benzene ring substituents is 1. The number of hydrogen-bond donors (Lipinski definition) is 0. The molecule has 2 atom stereocenters. The highest BCUT2D eigenvalue weighted by molar-refractivity contribution is 7.20. The molecule has 1 aliphatic rings. The Hall–Kier alpha value is -2.13. The monoisotopic (exact) mass is 453 g/mol. The van der Waals surface area contributed by atoms with Gasteiger partial charge in [-0.25, -0.2) is 4.98 Å². The Morgan fingerprint density at radius 1 is 1.24 bits per heavy atom. The molecule has 0 amide bonds. The Bertz CT molecular complexity index is 1080. The first-order valence-corrected chi connectivity index (χ1v) is 10.5. The van der Waals surface area contributed by atoms with Gasteiger partial charge in [0.1, 0.15) is 5.52 Å². The molecule has 10 heteroatoms. The van der Waals surface area contributed by atoms with Gasteiger partial charge in [-0.2, -0.15) is 0 Å². The molecule has 0 spiro atoms. The summed E-state index contributed by atoms with van der Waals surface area (Å²) >= 11 is 13.4. The summed E-state index contributed by atoms with van der Waals surface area (Å²) in [6.07, 6.45) is 0.0982. The van der Waals surface area contributed by atoms with Crippen molar-refractivity contribution in [2.75, 3.05) is 18.0 Å². The lowest BCUT2D eigenvalue weighted by Crippen LogP contribution is -2.45. The van der Waals surface area contributed by atoms with Crippen molar-refractivity contribution in [2.45, 2.75) is 26.1 Å². The highest BCUT2D eigenvalue weighted by Crippen LogP contribution is 2.40. The Morgan fingerprint density at radius 2 is 1.97 bits per heavy atom. The summed E-state index contributed by atoms with van der Waals surface area (Å²) in [5.74, 6) is 0.120. The van der Waals surface area contributed by atoms with E-state index in [1.165, 1.54) is 17.4 Å². The summed E-state index contributed by atoms with van der Waals surface area (Å²) < 4.78 is 12.2. The molecule has 29 heavy (non-hydrogen) atoms. The first-order chi connectivity index (χ1) is 13.8. The molecule has 0 saturated carbocycles. The van der Waals surface area contributed by atoms with E-state index >= 15 is 0 Å². The van der Waals surface area contributed by atoms with Gasteiger partial charge in [-0.05, 0) is 38.1 Å². The van der Waals surface area contributed by atoms with Gasteiger partial charge < -0.3 is 14.4 Å². The molecular weight excluding hydrogens is 437 g/mol. The zero-order valence-electron chi connectivity index (χ0n) is 15.6. The third-order valence-corrected chi connectivity index (χ3v) is 5.90. The number of aromatic nitrogens is 1. The number of hydrogen-bond acceptors (Lipinski definition) is 7. The second-order valence-corrected chi connectivity index (χ2v) is 8.72. The largest absolute Gasteiger partial charge is 0.423 e. The van der Waals surface area contributed by atoms with Crippen LogP contribution in [0.5, 0.6) is 10.9 Å². The van der Waals surface area contributed by atoms with Crippen molar-refractivity contribution in [3.8, 4) is 10.9 Å². The van der Waals surface area contributed by atoms with Crippen LogP contribution in [0.2, 0.25) is 10.0 Å². The lowest BCUT2D eigenvalue weighted by molar-refractivity contribution is -0.385. The van der Waals surface area contributed by atoms with E-state index in [1.807, 2.05) is 19.9 Å². The van der Waals surface area contributed by atoms with Gasteiger partial charge in [-0.3, -0.25) is 10.1 Å². The van der Waals surface area contributed by atoms with Crippen molar-refractivity contribution in [3.63, 3.8) is 0 Å². The molecule has 0 aliphatic carbocycles. The summed E-state index contributed by atoms with van der Waals surface area (Å²) in [7, 11) is 0. The van der Waals surface area contributed by atoms with Gasteiger partial charge in [0.25, 0.3) is 5.19 Å². The standard InChI is InChI=1S/C19H17Cl2N3O4S/c1-10-8-23(9-11(2)27-10)13-3-4-16(15(7-13)24(25)26)28-19-22-18-14(21)5-12(20)6-17(18)29-19/h3-7,10-11H,8-9H2,1-2H3. The Balaban J connectivity index is 1.65. The molecule has 2 heterocycles. The highest BCUT2D eigenvalue weighted by Gasteiger charge is 2.26. The number of rotatable bonds is 4. The predicted molar refractivity (Wildman–Crippen MR) is 115 cm³/mol. The minimum absolute atomic E-state index is 0.0491. The van der Waals surface area contributed by atoms with E-state index in [2.05, 4.69) is 9.88 Å². The van der Waals surface area contributed by atoms with Crippen molar-refractivity contribution in [3.05, 3.63) is 50.5 Å². The number of nitrogens with zero attached hydrogens (tertiary/aromatic N) is 3. The van der Waals surface area contributed by atoms with Gasteiger partial charge in [-0.15, -0.1) is 0 Å². The fraction of sp³-hybridized carbons (Fsp3) is 0.316. The lowest BCUT2D eigenvalue weighted by Gasteiger charge is -2.36. The van der Waals surface area contributed by atoms with Crippen molar-refractivity contribution in [2.24, 2.45) is 0 Å². The third kappa shape index (κ3) is 4.25. The Morgan fingerprint density at radius 3 is 2.66 bits per heavy atom. The van der Waals surface area contributed by atoms with E-state index in [1.54, 1.807) is 18.2 Å². The number of fused-ring (bicyclic) bond motifs is 1. The van der Waals surface area contributed by atoms with E-state index in [9.17, 15) is 10.1 Å². The van der Waals surface area contributed by atoms with Gasteiger partial charge in [0.2, 0.25) is 5.75 Å². The molecule has 0 N–H and O–H groups in total. The summed E-state index contributed by atoms with van der Waals surface area (Å²) in [5.41, 5.74) is 1.18. The quantitative estimate of drug-likeness (QED) is 0.360. The fourth-order valence-corrected chi connectivity index (χ4v) is 4.95. The summed E-state index contributed by atoms with van der Waals surface area (Å²) in [4.78, 5) is 17.6. The number of halogens is 2. The van der Waals surface area contributed by atoms with E-state index in [-0.39, 0.29) is 28.8 Å².